The molecule has 1 aliphatic rings. The molecule has 1 heterocycles. The van der Waals surface area contributed by atoms with E-state index in [1.165, 1.54) is 18.2 Å². The van der Waals surface area contributed by atoms with E-state index in [1.54, 1.807) is 4.90 Å². The van der Waals surface area contributed by atoms with Gasteiger partial charge in [-0.2, -0.15) is 5.26 Å². The van der Waals surface area contributed by atoms with E-state index in [0.717, 1.165) is 6.42 Å². The Balaban J connectivity index is 1.81. The third-order valence-electron chi connectivity index (χ3n) is 3.71. The minimum Gasteiger partial charge on any atom is -0.376 e. The number of hydrogen-bond acceptors (Lipinski definition) is 3. The number of rotatable bonds is 5. The Morgan fingerprint density at radius 2 is 2.35 bits per heavy atom. The average molecular weight is 319 g/mol. The fraction of sp³-hybridized carbons (Fsp3) is 0.529. The van der Waals surface area contributed by atoms with Gasteiger partial charge in [0.2, 0.25) is 0 Å². The van der Waals surface area contributed by atoms with Crippen LogP contribution in [-0.2, 0) is 11.3 Å². The van der Waals surface area contributed by atoms with Crippen LogP contribution in [0.25, 0.3) is 0 Å². The van der Waals surface area contributed by atoms with Crippen LogP contribution in [0.3, 0.4) is 0 Å². The molecule has 0 aromatic heterocycles. The molecule has 1 aromatic carbocycles. The first-order chi connectivity index (χ1) is 11.0. The molecule has 0 bridgehead atoms. The molecule has 2 amide bonds. The molecule has 23 heavy (non-hydrogen) atoms. The van der Waals surface area contributed by atoms with Crippen molar-refractivity contribution in [3.05, 3.63) is 35.1 Å². The molecule has 0 aliphatic carbocycles. The van der Waals surface area contributed by atoms with Crippen molar-refractivity contribution in [1.29, 1.82) is 5.26 Å². The maximum atomic E-state index is 13.8. The third kappa shape index (κ3) is 4.93. The number of carbonyl (C=O) groups excluding carboxylic acids is 1. The molecule has 1 aromatic rings. The molecule has 1 N–H and O–H groups in total. The number of urea groups is 1. The highest BCUT2D eigenvalue weighted by molar-refractivity contribution is 5.74. The van der Waals surface area contributed by atoms with Crippen LogP contribution in [0.1, 0.15) is 31.4 Å². The molecule has 0 spiro atoms. The molecule has 1 aliphatic heterocycles. The van der Waals surface area contributed by atoms with Crippen molar-refractivity contribution >= 4 is 6.03 Å². The van der Waals surface area contributed by atoms with Gasteiger partial charge in [0.05, 0.1) is 17.7 Å². The first-order valence-electron chi connectivity index (χ1n) is 7.82. The minimum absolute atomic E-state index is 0.0785. The molecular weight excluding hydrogens is 297 g/mol. The fourth-order valence-corrected chi connectivity index (χ4v) is 2.42. The number of benzene rings is 1. The van der Waals surface area contributed by atoms with Gasteiger partial charge < -0.3 is 15.0 Å². The first kappa shape index (κ1) is 17.2. The van der Waals surface area contributed by atoms with Gasteiger partial charge in [-0.15, -0.1) is 0 Å². The Bertz CT molecular complexity index is 598. The highest BCUT2D eigenvalue weighted by atomic mass is 19.1. The molecule has 1 atom stereocenters. The topological polar surface area (TPSA) is 65.4 Å². The van der Waals surface area contributed by atoms with Gasteiger partial charge in [0.15, 0.2) is 0 Å². The highest BCUT2D eigenvalue weighted by Gasteiger charge is 2.26. The molecular formula is C17H22FN3O2. The van der Waals surface area contributed by atoms with Crippen LogP contribution < -0.4 is 5.32 Å². The summed E-state index contributed by atoms with van der Waals surface area (Å²) in [5.74, 6) is -0.0128. The number of nitrogens with one attached hydrogen (secondary N) is 1. The van der Waals surface area contributed by atoms with Gasteiger partial charge in [0.1, 0.15) is 5.82 Å². The second kappa shape index (κ2) is 7.93. The van der Waals surface area contributed by atoms with E-state index in [-0.39, 0.29) is 24.2 Å². The molecule has 0 saturated carbocycles. The lowest BCUT2D eigenvalue weighted by Crippen LogP contribution is -2.39. The Morgan fingerprint density at radius 1 is 1.57 bits per heavy atom. The summed E-state index contributed by atoms with van der Waals surface area (Å²) in [5, 5.41) is 11.4. The lowest BCUT2D eigenvalue weighted by Gasteiger charge is -2.18. The SMILES string of the molecule is CC(C)CO[C@H]1CCN(C(=O)NCc2ccc(C#N)cc2F)C1. The number of hydrogen-bond donors (Lipinski definition) is 1. The van der Waals surface area contributed by atoms with Gasteiger partial charge in [-0.3, -0.25) is 0 Å². The molecule has 0 radical (unpaired) electrons. The Hall–Kier alpha value is -2.13. The zero-order valence-corrected chi connectivity index (χ0v) is 13.5. The van der Waals surface area contributed by atoms with Crippen LogP contribution in [0.5, 0.6) is 0 Å². The third-order valence-corrected chi connectivity index (χ3v) is 3.71. The quantitative estimate of drug-likeness (QED) is 0.907. The van der Waals surface area contributed by atoms with Gasteiger partial charge in [-0.05, 0) is 24.5 Å². The summed E-state index contributed by atoms with van der Waals surface area (Å²) in [6.07, 6.45) is 0.903. The maximum absolute atomic E-state index is 13.8. The summed E-state index contributed by atoms with van der Waals surface area (Å²) >= 11 is 0. The monoisotopic (exact) mass is 319 g/mol. The van der Waals surface area contributed by atoms with Gasteiger partial charge in [0.25, 0.3) is 0 Å². The van der Waals surface area contributed by atoms with E-state index in [9.17, 15) is 9.18 Å². The zero-order valence-electron chi connectivity index (χ0n) is 13.5. The van der Waals surface area contributed by atoms with Gasteiger partial charge in [-0.1, -0.05) is 19.9 Å². The van der Waals surface area contributed by atoms with Crippen LogP contribution >= 0.6 is 0 Å². The van der Waals surface area contributed by atoms with Crippen molar-refractivity contribution in [2.45, 2.75) is 32.9 Å². The fourth-order valence-electron chi connectivity index (χ4n) is 2.42. The van der Waals surface area contributed by atoms with Gasteiger partial charge in [-0.25, -0.2) is 9.18 Å². The average Bonchev–Trinajstić information content (AvgIpc) is 3.00. The number of nitrogens with zero attached hydrogens (tertiary/aromatic N) is 2. The Labute approximate surface area is 136 Å². The number of carbonyl (C=O) groups is 1. The summed E-state index contributed by atoms with van der Waals surface area (Å²) < 4.78 is 19.5. The molecule has 1 fully saturated rings. The summed E-state index contributed by atoms with van der Waals surface area (Å²) in [6, 6.07) is 5.89. The number of likely N-dealkylation sites (tertiary alicyclic amines) is 1. The summed E-state index contributed by atoms with van der Waals surface area (Å²) in [4.78, 5) is 13.8. The Morgan fingerprint density at radius 3 is 3.00 bits per heavy atom. The van der Waals surface area contributed by atoms with Gasteiger partial charge >= 0.3 is 6.03 Å². The van der Waals surface area contributed by atoms with Crippen molar-refractivity contribution in [3.63, 3.8) is 0 Å². The van der Waals surface area contributed by atoms with E-state index >= 15 is 0 Å². The van der Waals surface area contributed by atoms with Crippen molar-refractivity contribution in [2.24, 2.45) is 5.92 Å². The normalized spacial score (nSPS) is 17.3. The van der Waals surface area contributed by atoms with Crippen LogP contribution in [0, 0.1) is 23.1 Å². The number of amides is 2. The predicted molar refractivity (Wildman–Crippen MR) is 84.1 cm³/mol. The summed E-state index contributed by atoms with van der Waals surface area (Å²) in [6.45, 7) is 6.18. The molecule has 2 rings (SSSR count). The van der Waals surface area contributed by atoms with Crippen LogP contribution in [0.4, 0.5) is 9.18 Å². The van der Waals surface area contributed by atoms with E-state index in [2.05, 4.69) is 19.2 Å². The van der Waals surface area contributed by atoms with E-state index in [0.29, 0.717) is 31.2 Å². The second-order valence-corrected chi connectivity index (χ2v) is 6.16. The molecule has 1 saturated heterocycles. The minimum atomic E-state index is -0.482. The standard InChI is InChI=1S/C17H22FN3O2/c1-12(2)11-23-15-5-6-21(10-15)17(22)20-9-14-4-3-13(8-19)7-16(14)18/h3-4,7,12,15H,5-6,9-11H2,1-2H3,(H,20,22)/t15-/m0/s1. The van der Waals surface area contributed by atoms with Crippen molar-refractivity contribution in [3.8, 4) is 6.07 Å². The maximum Gasteiger partial charge on any atom is 0.317 e. The first-order valence-corrected chi connectivity index (χ1v) is 7.82. The van der Waals surface area contributed by atoms with Crippen LogP contribution in [0.2, 0.25) is 0 Å². The van der Waals surface area contributed by atoms with Crippen LogP contribution in [-0.4, -0.2) is 36.7 Å². The largest absolute Gasteiger partial charge is 0.376 e. The Kier molecular flexibility index (Phi) is 5.94. The van der Waals surface area contributed by atoms with E-state index in [1.807, 2.05) is 6.07 Å². The molecule has 6 heteroatoms. The zero-order chi connectivity index (χ0) is 16.8. The number of halogens is 1. The molecule has 5 nitrogen and oxygen atoms in total. The molecule has 0 unspecified atom stereocenters. The summed E-state index contributed by atoms with van der Waals surface area (Å²) in [7, 11) is 0. The lowest BCUT2D eigenvalue weighted by molar-refractivity contribution is 0.0436. The lowest BCUT2D eigenvalue weighted by atomic mass is 10.1. The smallest absolute Gasteiger partial charge is 0.317 e. The van der Waals surface area contributed by atoms with E-state index < -0.39 is 5.82 Å². The summed E-state index contributed by atoms with van der Waals surface area (Å²) in [5.41, 5.74) is 0.631. The van der Waals surface area contributed by atoms with Gasteiger partial charge in [0, 0.05) is 31.8 Å². The van der Waals surface area contributed by atoms with Crippen molar-refractivity contribution in [2.75, 3.05) is 19.7 Å². The van der Waals surface area contributed by atoms with Crippen LogP contribution in [0.15, 0.2) is 18.2 Å². The number of nitriles is 1. The van der Waals surface area contributed by atoms with Crippen molar-refractivity contribution < 1.29 is 13.9 Å². The number of ether oxygens (including phenoxy) is 1. The second-order valence-electron chi connectivity index (χ2n) is 6.16. The molecule has 124 valence electrons. The van der Waals surface area contributed by atoms with E-state index in [4.69, 9.17) is 10.00 Å². The predicted octanol–water partition coefficient (Wildman–Crippen LogP) is 2.65. The van der Waals surface area contributed by atoms with Crippen molar-refractivity contribution in [1.82, 2.24) is 10.2 Å². The highest BCUT2D eigenvalue weighted by Crippen LogP contribution is 2.14.